The van der Waals surface area contributed by atoms with Gasteiger partial charge in [-0.3, -0.25) is 4.79 Å². The van der Waals surface area contributed by atoms with Crippen LogP contribution >= 0.6 is 11.3 Å². The van der Waals surface area contributed by atoms with E-state index in [0.29, 0.717) is 29.2 Å². The lowest BCUT2D eigenvalue weighted by Gasteiger charge is -2.05. The molecule has 0 fully saturated rings. The van der Waals surface area contributed by atoms with Crippen LogP contribution in [-0.4, -0.2) is 9.97 Å². The lowest BCUT2D eigenvalue weighted by molar-refractivity contribution is 0.663. The van der Waals surface area contributed by atoms with Gasteiger partial charge >= 0.3 is 0 Å². The molecule has 2 N–H and O–H groups in total. The molecule has 1 aromatic carbocycles. The molecule has 2 heterocycles. The van der Waals surface area contributed by atoms with Crippen molar-refractivity contribution < 1.29 is 0 Å². The van der Waals surface area contributed by atoms with Gasteiger partial charge in [0.25, 0.3) is 5.56 Å². The molecule has 0 amide bonds. The average molecular weight is 296 g/mol. The van der Waals surface area contributed by atoms with Gasteiger partial charge in [-0.15, -0.1) is 11.3 Å². The molecule has 2 aromatic heterocycles. The number of nitrogens with zero attached hydrogens (tertiary/aromatic N) is 2. The summed E-state index contributed by atoms with van der Waals surface area (Å²) in [5, 5.41) is 13.9. The summed E-state index contributed by atoms with van der Waals surface area (Å²) in [6.45, 7) is 1.08. The van der Waals surface area contributed by atoms with Crippen LogP contribution in [0.15, 0.2) is 40.5 Å². The maximum absolute atomic E-state index is 11.8. The van der Waals surface area contributed by atoms with Crippen molar-refractivity contribution in [3.8, 4) is 6.07 Å². The van der Waals surface area contributed by atoms with Crippen LogP contribution in [0.25, 0.3) is 10.2 Å². The van der Waals surface area contributed by atoms with Gasteiger partial charge in [-0.1, -0.05) is 12.1 Å². The van der Waals surface area contributed by atoms with Crippen LogP contribution < -0.4 is 10.9 Å². The second-order valence-electron chi connectivity index (χ2n) is 4.56. The molecule has 3 aromatic rings. The third kappa shape index (κ3) is 2.99. The first-order valence-corrected chi connectivity index (χ1v) is 7.30. The van der Waals surface area contributed by atoms with Crippen molar-refractivity contribution >= 4 is 21.6 Å². The monoisotopic (exact) mass is 296 g/mol. The Kier molecular flexibility index (Phi) is 3.77. The van der Waals surface area contributed by atoms with Crippen LogP contribution in [0.5, 0.6) is 0 Å². The number of thiophene rings is 1. The van der Waals surface area contributed by atoms with Gasteiger partial charge in [0, 0.05) is 6.54 Å². The van der Waals surface area contributed by atoms with Crippen LogP contribution in [0.2, 0.25) is 0 Å². The highest BCUT2D eigenvalue weighted by Gasteiger charge is 2.04. The highest BCUT2D eigenvalue weighted by molar-refractivity contribution is 7.17. The summed E-state index contributed by atoms with van der Waals surface area (Å²) in [7, 11) is 0. The van der Waals surface area contributed by atoms with Gasteiger partial charge in [-0.2, -0.15) is 5.26 Å². The fourth-order valence-corrected chi connectivity index (χ4v) is 2.81. The molecule has 0 radical (unpaired) electrons. The van der Waals surface area contributed by atoms with Crippen LogP contribution in [0.1, 0.15) is 17.0 Å². The predicted molar refractivity (Wildman–Crippen MR) is 81.9 cm³/mol. The van der Waals surface area contributed by atoms with Crippen molar-refractivity contribution in [1.29, 1.82) is 5.26 Å². The summed E-state index contributed by atoms with van der Waals surface area (Å²) in [5.41, 5.74) is 2.29. The number of aromatic nitrogens is 2. The fraction of sp³-hybridized carbons (Fsp3) is 0.133. The van der Waals surface area contributed by atoms with Crippen LogP contribution in [0.4, 0.5) is 0 Å². The van der Waals surface area contributed by atoms with E-state index >= 15 is 0 Å². The summed E-state index contributed by atoms with van der Waals surface area (Å²) >= 11 is 1.39. The van der Waals surface area contributed by atoms with E-state index in [2.05, 4.69) is 21.4 Å². The van der Waals surface area contributed by atoms with E-state index in [-0.39, 0.29) is 5.56 Å². The SMILES string of the molecule is N#Cc1cccc(CNCc2nc3ccsc3c(=O)[nH]2)c1. The van der Waals surface area contributed by atoms with Crippen molar-refractivity contribution in [2.24, 2.45) is 0 Å². The minimum absolute atomic E-state index is 0.0988. The Hall–Kier alpha value is -2.49. The number of H-pyrrole nitrogens is 1. The molecular weight excluding hydrogens is 284 g/mol. The van der Waals surface area contributed by atoms with Gasteiger partial charge in [0.05, 0.1) is 23.7 Å². The summed E-state index contributed by atoms with van der Waals surface area (Å²) in [6.07, 6.45) is 0. The largest absolute Gasteiger partial charge is 0.308 e. The number of aromatic amines is 1. The molecule has 0 saturated heterocycles. The highest BCUT2D eigenvalue weighted by atomic mass is 32.1. The van der Waals surface area contributed by atoms with Gasteiger partial charge in [-0.05, 0) is 29.1 Å². The Labute approximate surface area is 124 Å². The van der Waals surface area contributed by atoms with Crippen molar-refractivity contribution in [2.45, 2.75) is 13.1 Å². The molecule has 104 valence electrons. The third-order valence-electron chi connectivity index (χ3n) is 3.04. The molecule has 0 aliphatic rings. The molecule has 0 spiro atoms. The Morgan fingerprint density at radius 3 is 3.10 bits per heavy atom. The maximum atomic E-state index is 11.8. The number of nitriles is 1. The second-order valence-corrected chi connectivity index (χ2v) is 5.48. The molecule has 5 nitrogen and oxygen atoms in total. The van der Waals surface area contributed by atoms with E-state index in [1.54, 1.807) is 6.07 Å². The molecular formula is C15H12N4OS. The lowest BCUT2D eigenvalue weighted by Crippen LogP contribution is -2.18. The van der Waals surface area contributed by atoms with E-state index in [1.165, 1.54) is 11.3 Å². The first-order valence-electron chi connectivity index (χ1n) is 6.42. The molecule has 0 saturated carbocycles. The third-order valence-corrected chi connectivity index (χ3v) is 3.94. The second kappa shape index (κ2) is 5.87. The molecule has 3 rings (SSSR count). The molecule has 0 atom stereocenters. The van der Waals surface area contributed by atoms with Gasteiger partial charge in [0.15, 0.2) is 0 Å². The number of benzene rings is 1. The minimum atomic E-state index is -0.0988. The number of hydrogen-bond acceptors (Lipinski definition) is 5. The molecule has 6 heteroatoms. The molecule has 0 aliphatic carbocycles. The van der Waals surface area contributed by atoms with Crippen molar-refractivity contribution in [3.63, 3.8) is 0 Å². The number of hydrogen-bond donors (Lipinski definition) is 2. The number of rotatable bonds is 4. The maximum Gasteiger partial charge on any atom is 0.268 e. The summed E-state index contributed by atoms with van der Waals surface area (Å²) in [4.78, 5) is 19.0. The van der Waals surface area contributed by atoms with E-state index in [4.69, 9.17) is 5.26 Å². The van der Waals surface area contributed by atoms with Gasteiger partial charge in [0.1, 0.15) is 10.5 Å². The van der Waals surface area contributed by atoms with Crippen molar-refractivity contribution in [1.82, 2.24) is 15.3 Å². The highest BCUT2D eigenvalue weighted by Crippen LogP contribution is 2.13. The molecule has 0 aliphatic heterocycles. The van der Waals surface area contributed by atoms with Crippen LogP contribution in [0, 0.1) is 11.3 Å². The Balaban J connectivity index is 1.69. The number of fused-ring (bicyclic) bond motifs is 1. The van der Waals surface area contributed by atoms with E-state index in [0.717, 1.165) is 11.1 Å². The normalized spacial score (nSPS) is 10.6. The number of nitrogens with one attached hydrogen (secondary N) is 2. The van der Waals surface area contributed by atoms with Gasteiger partial charge in [0.2, 0.25) is 0 Å². The van der Waals surface area contributed by atoms with Crippen molar-refractivity contribution in [3.05, 3.63) is 63.0 Å². The van der Waals surface area contributed by atoms with Gasteiger partial charge < -0.3 is 10.3 Å². The Bertz CT molecular complexity index is 875. The van der Waals surface area contributed by atoms with E-state index < -0.39 is 0 Å². The Morgan fingerprint density at radius 2 is 2.24 bits per heavy atom. The molecule has 0 bridgehead atoms. The zero-order valence-corrected chi connectivity index (χ0v) is 11.9. The van der Waals surface area contributed by atoms with Crippen LogP contribution in [-0.2, 0) is 13.1 Å². The first-order chi connectivity index (χ1) is 10.3. The Morgan fingerprint density at radius 1 is 1.33 bits per heavy atom. The van der Waals surface area contributed by atoms with Crippen LogP contribution in [0.3, 0.4) is 0 Å². The smallest absolute Gasteiger partial charge is 0.268 e. The van der Waals surface area contributed by atoms with E-state index in [1.807, 2.05) is 29.6 Å². The summed E-state index contributed by atoms with van der Waals surface area (Å²) in [6, 6.07) is 11.4. The first kappa shape index (κ1) is 13.5. The lowest BCUT2D eigenvalue weighted by atomic mass is 10.1. The van der Waals surface area contributed by atoms with Crippen molar-refractivity contribution in [2.75, 3.05) is 0 Å². The minimum Gasteiger partial charge on any atom is -0.308 e. The average Bonchev–Trinajstić information content (AvgIpc) is 2.96. The standard InChI is InChI=1S/C15H12N4OS/c16-7-10-2-1-3-11(6-10)8-17-9-13-18-12-4-5-21-14(12)15(20)19-13/h1-6,17H,8-9H2,(H,18,19,20). The van der Waals surface area contributed by atoms with Gasteiger partial charge in [-0.25, -0.2) is 4.98 Å². The van der Waals surface area contributed by atoms with E-state index in [9.17, 15) is 4.79 Å². The quantitative estimate of drug-likeness (QED) is 0.773. The molecule has 21 heavy (non-hydrogen) atoms. The zero-order chi connectivity index (χ0) is 14.7. The zero-order valence-electron chi connectivity index (χ0n) is 11.1. The topological polar surface area (TPSA) is 81.6 Å². The fourth-order valence-electron chi connectivity index (χ4n) is 2.08. The predicted octanol–water partition coefficient (Wildman–Crippen LogP) is 2.15. The molecule has 0 unspecified atom stereocenters. The summed E-state index contributed by atoms with van der Waals surface area (Å²) < 4.78 is 0.653. The summed E-state index contributed by atoms with van der Waals surface area (Å²) in [5.74, 6) is 0.613.